The van der Waals surface area contributed by atoms with Crippen LogP contribution in [-0.2, 0) is 16.0 Å². The summed E-state index contributed by atoms with van der Waals surface area (Å²) in [6, 6.07) is 7.37. The van der Waals surface area contributed by atoms with Gasteiger partial charge in [-0.2, -0.15) is 0 Å². The molecule has 108 valence electrons. The van der Waals surface area contributed by atoms with Gasteiger partial charge in [-0.25, -0.2) is 0 Å². The van der Waals surface area contributed by atoms with Crippen LogP contribution >= 0.6 is 0 Å². The van der Waals surface area contributed by atoms with Crippen LogP contribution in [0, 0.1) is 0 Å². The lowest BCUT2D eigenvalue weighted by atomic mass is 9.99. The van der Waals surface area contributed by atoms with Crippen molar-refractivity contribution in [1.82, 2.24) is 10.6 Å². The van der Waals surface area contributed by atoms with Crippen molar-refractivity contribution >= 4 is 17.5 Å². The summed E-state index contributed by atoms with van der Waals surface area (Å²) in [4.78, 5) is 23.5. The van der Waals surface area contributed by atoms with E-state index in [1.54, 1.807) is 7.05 Å². The molecular formula is C15H21N3O2. The highest BCUT2D eigenvalue weighted by Gasteiger charge is 2.35. The van der Waals surface area contributed by atoms with E-state index in [1.165, 1.54) is 0 Å². The van der Waals surface area contributed by atoms with Gasteiger partial charge in [-0.1, -0.05) is 12.1 Å². The van der Waals surface area contributed by atoms with Gasteiger partial charge in [0.15, 0.2) is 0 Å². The van der Waals surface area contributed by atoms with Crippen LogP contribution in [0.15, 0.2) is 24.3 Å². The number of likely N-dealkylation sites (N-methyl/N-ethyl adjacent to an activating group) is 1. The largest absolute Gasteiger partial charge is 0.359 e. The van der Waals surface area contributed by atoms with E-state index in [-0.39, 0.29) is 11.8 Å². The number of nitrogens with one attached hydrogen (secondary N) is 3. The highest BCUT2D eigenvalue weighted by Crippen LogP contribution is 2.21. The minimum Gasteiger partial charge on any atom is -0.359 e. The highest BCUT2D eigenvalue weighted by molar-refractivity contribution is 5.98. The number of rotatable bonds is 4. The van der Waals surface area contributed by atoms with Gasteiger partial charge in [0, 0.05) is 12.7 Å². The molecule has 1 unspecified atom stereocenters. The number of hydrogen-bond donors (Lipinski definition) is 3. The molecule has 0 aliphatic carbocycles. The van der Waals surface area contributed by atoms with Crippen LogP contribution in [-0.4, -0.2) is 30.9 Å². The molecule has 5 nitrogen and oxygen atoms in total. The molecule has 1 aromatic carbocycles. The van der Waals surface area contributed by atoms with Gasteiger partial charge in [0.05, 0.1) is 12.0 Å². The predicted octanol–water partition coefficient (Wildman–Crippen LogP) is 1.06. The fourth-order valence-electron chi connectivity index (χ4n) is 2.34. The van der Waals surface area contributed by atoms with Crippen LogP contribution in [0.2, 0.25) is 0 Å². The molecule has 0 spiro atoms. The van der Waals surface area contributed by atoms with E-state index in [9.17, 15) is 9.59 Å². The Labute approximate surface area is 119 Å². The summed E-state index contributed by atoms with van der Waals surface area (Å²) in [5.41, 5.74) is 1.21. The summed E-state index contributed by atoms with van der Waals surface area (Å²) in [5.74, 6) is -0.0292. The lowest BCUT2D eigenvalue weighted by Crippen LogP contribution is -2.47. The number of amides is 2. The van der Waals surface area contributed by atoms with Crippen molar-refractivity contribution in [2.45, 2.75) is 31.7 Å². The number of carbonyl (C=O) groups excluding carboxylic acids is 2. The predicted molar refractivity (Wildman–Crippen MR) is 78.5 cm³/mol. The van der Waals surface area contributed by atoms with Crippen molar-refractivity contribution < 1.29 is 9.59 Å². The van der Waals surface area contributed by atoms with Gasteiger partial charge in [0.1, 0.15) is 0 Å². The third-order valence-corrected chi connectivity index (χ3v) is 3.73. The van der Waals surface area contributed by atoms with Gasteiger partial charge in [0.25, 0.3) is 0 Å². The molecule has 0 bridgehead atoms. The number of hydrogen-bond acceptors (Lipinski definition) is 3. The Morgan fingerprint density at radius 1 is 1.30 bits per heavy atom. The second kappa shape index (κ2) is 6.05. The number of carbonyl (C=O) groups is 2. The first-order chi connectivity index (χ1) is 9.53. The topological polar surface area (TPSA) is 70.2 Å². The van der Waals surface area contributed by atoms with Gasteiger partial charge in [-0.3, -0.25) is 9.59 Å². The smallest absolute Gasteiger partial charge is 0.244 e. The summed E-state index contributed by atoms with van der Waals surface area (Å²) in [5, 5.41) is 8.74. The van der Waals surface area contributed by atoms with E-state index in [4.69, 9.17) is 0 Å². The minimum absolute atomic E-state index is 0.00551. The molecule has 5 heteroatoms. The molecule has 1 aromatic rings. The Morgan fingerprint density at radius 2 is 2.00 bits per heavy atom. The average Bonchev–Trinajstić information content (AvgIpc) is 2.89. The summed E-state index contributed by atoms with van der Waals surface area (Å²) >= 11 is 0. The van der Waals surface area contributed by atoms with Gasteiger partial charge >= 0.3 is 0 Å². The molecule has 1 aliphatic rings. The summed E-state index contributed by atoms with van der Waals surface area (Å²) in [6.07, 6.45) is 2.23. The van der Waals surface area contributed by atoms with E-state index in [0.717, 1.165) is 30.6 Å². The fourth-order valence-corrected chi connectivity index (χ4v) is 2.34. The first kappa shape index (κ1) is 14.5. The standard InChI is InChI=1S/C15H21N3O2/c1-15(8-3-9-17-15)14(20)18-12-6-4-11(5-7-12)10-13(19)16-2/h4-7,17H,3,8-10H2,1-2H3,(H,16,19)(H,18,20). The maximum absolute atomic E-state index is 12.2. The van der Waals surface area contributed by atoms with Crippen LogP contribution in [0.5, 0.6) is 0 Å². The first-order valence-electron chi connectivity index (χ1n) is 6.89. The Hall–Kier alpha value is -1.88. The van der Waals surface area contributed by atoms with Crippen LogP contribution in [0.1, 0.15) is 25.3 Å². The Bertz CT molecular complexity index is 490. The van der Waals surface area contributed by atoms with Crippen LogP contribution < -0.4 is 16.0 Å². The van der Waals surface area contributed by atoms with E-state index >= 15 is 0 Å². The van der Waals surface area contributed by atoms with Gasteiger partial charge < -0.3 is 16.0 Å². The van der Waals surface area contributed by atoms with Gasteiger partial charge in [-0.05, 0) is 44.0 Å². The molecule has 2 rings (SSSR count). The van der Waals surface area contributed by atoms with Crippen molar-refractivity contribution in [2.75, 3.05) is 18.9 Å². The van der Waals surface area contributed by atoms with Gasteiger partial charge in [-0.15, -0.1) is 0 Å². The zero-order chi connectivity index (χ0) is 14.6. The third kappa shape index (κ3) is 3.36. The van der Waals surface area contributed by atoms with E-state index in [1.807, 2.05) is 31.2 Å². The molecule has 1 atom stereocenters. The molecule has 0 aromatic heterocycles. The Kier molecular flexibility index (Phi) is 4.39. The molecule has 1 fully saturated rings. The normalized spacial score (nSPS) is 21.5. The minimum atomic E-state index is -0.471. The highest BCUT2D eigenvalue weighted by atomic mass is 16.2. The van der Waals surface area contributed by atoms with Crippen molar-refractivity contribution in [2.24, 2.45) is 0 Å². The molecule has 3 N–H and O–H groups in total. The number of benzene rings is 1. The lowest BCUT2D eigenvalue weighted by Gasteiger charge is -2.23. The quantitative estimate of drug-likeness (QED) is 0.769. The van der Waals surface area contributed by atoms with E-state index in [2.05, 4.69) is 16.0 Å². The van der Waals surface area contributed by atoms with Crippen molar-refractivity contribution in [3.05, 3.63) is 29.8 Å². The zero-order valence-corrected chi connectivity index (χ0v) is 12.0. The monoisotopic (exact) mass is 275 g/mol. The van der Waals surface area contributed by atoms with Gasteiger partial charge in [0.2, 0.25) is 11.8 Å². The summed E-state index contributed by atoms with van der Waals surface area (Å²) in [7, 11) is 1.62. The zero-order valence-electron chi connectivity index (χ0n) is 12.0. The van der Waals surface area contributed by atoms with Crippen LogP contribution in [0.4, 0.5) is 5.69 Å². The fraction of sp³-hybridized carbons (Fsp3) is 0.467. The first-order valence-corrected chi connectivity index (χ1v) is 6.89. The summed E-state index contributed by atoms with van der Waals surface area (Å²) < 4.78 is 0. The van der Waals surface area contributed by atoms with E-state index < -0.39 is 5.54 Å². The molecule has 2 amide bonds. The SMILES string of the molecule is CNC(=O)Cc1ccc(NC(=O)C2(C)CCCN2)cc1. The molecule has 1 aliphatic heterocycles. The van der Waals surface area contributed by atoms with Crippen molar-refractivity contribution in [3.8, 4) is 0 Å². The van der Waals surface area contributed by atoms with E-state index in [0.29, 0.717) is 6.42 Å². The Balaban J connectivity index is 1.96. The molecule has 0 radical (unpaired) electrons. The average molecular weight is 275 g/mol. The maximum atomic E-state index is 12.2. The van der Waals surface area contributed by atoms with Crippen molar-refractivity contribution in [1.29, 1.82) is 0 Å². The van der Waals surface area contributed by atoms with Crippen LogP contribution in [0.25, 0.3) is 0 Å². The lowest BCUT2D eigenvalue weighted by molar-refractivity contribution is -0.121. The summed E-state index contributed by atoms with van der Waals surface area (Å²) in [6.45, 7) is 2.81. The Morgan fingerprint density at radius 3 is 2.55 bits per heavy atom. The third-order valence-electron chi connectivity index (χ3n) is 3.73. The second-order valence-corrected chi connectivity index (χ2v) is 5.36. The molecule has 1 heterocycles. The maximum Gasteiger partial charge on any atom is 0.244 e. The molecular weight excluding hydrogens is 254 g/mol. The molecule has 20 heavy (non-hydrogen) atoms. The van der Waals surface area contributed by atoms with Crippen LogP contribution in [0.3, 0.4) is 0 Å². The molecule has 1 saturated heterocycles. The molecule has 0 saturated carbocycles. The number of anilines is 1. The second-order valence-electron chi connectivity index (χ2n) is 5.36. The van der Waals surface area contributed by atoms with Crippen molar-refractivity contribution in [3.63, 3.8) is 0 Å².